The Kier molecular flexibility index (Phi) is 6.87. The van der Waals surface area contributed by atoms with Crippen LogP contribution in [-0.2, 0) is 19.1 Å². The van der Waals surface area contributed by atoms with Crippen LogP contribution in [0.15, 0.2) is 48.5 Å². The molecule has 0 bridgehead atoms. The number of carbonyl (C=O) groups excluding carboxylic acids is 3. The van der Waals surface area contributed by atoms with Crippen molar-refractivity contribution in [2.45, 2.75) is 39.5 Å². The number of anilines is 2. The van der Waals surface area contributed by atoms with E-state index in [0.717, 1.165) is 23.2 Å². The fourth-order valence-corrected chi connectivity index (χ4v) is 3.62. The predicted molar refractivity (Wildman–Crippen MR) is 116 cm³/mol. The molecule has 6 nitrogen and oxygen atoms in total. The number of rotatable bonds is 7. The Balaban J connectivity index is 1.59. The summed E-state index contributed by atoms with van der Waals surface area (Å²) in [6, 6.07) is 15.2. The third kappa shape index (κ3) is 4.87. The lowest BCUT2D eigenvalue weighted by Crippen LogP contribution is -2.29. The summed E-state index contributed by atoms with van der Waals surface area (Å²) in [6.07, 6.45) is 1.05. The van der Waals surface area contributed by atoms with Crippen molar-refractivity contribution in [1.29, 1.82) is 0 Å². The van der Waals surface area contributed by atoms with Gasteiger partial charge in [0.15, 0.2) is 6.61 Å². The van der Waals surface area contributed by atoms with Gasteiger partial charge in [-0.2, -0.15) is 0 Å². The predicted octanol–water partition coefficient (Wildman–Crippen LogP) is 4.04. The average Bonchev–Trinajstić information content (AvgIpc) is 3.14. The molecular formula is C24H28N2O4. The summed E-state index contributed by atoms with van der Waals surface area (Å²) in [6.45, 7) is 6.01. The van der Waals surface area contributed by atoms with Gasteiger partial charge in [0.1, 0.15) is 0 Å². The molecule has 0 spiro atoms. The van der Waals surface area contributed by atoms with E-state index >= 15 is 0 Å². The zero-order chi connectivity index (χ0) is 21.7. The fourth-order valence-electron chi connectivity index (χ4n) is 3.62. The number of ether oxygens (including phenoxy) is 1. The number of para-hydroxylation sites is 2. The standard InChI is InChI=1S/C24H28N2O4/c1-4-16(2)19-10-6-8-12-21(19)26-14-18(13-23(26)28)24(29)30-15-22(27)25-20-11-7-5-9-17(20)3/h5-12,16,18H,4,13-15H2,1-3H3,(H,25,27)/t16-,18-/m1/s1. The highest BCUT2D eigenvalue weighted by molar-refractivity contribution is 6.00. The van der Waals surface area contributed by atoms with Gasteiger partial charge in [-0.1, -0.05) is 50.2 Å². The number of amides is 2. The molecule has 1 aliphatic rings. The van der Waals surface area contributed by atoms with E-state index in [9.17, 15) is 14.4 Å². The summed E-state index contributed by atoms with van der Waals surface area (Å²) in [5.74, 6) is -1.29. The second kappa shape index (κ2) is 9.57. The van der Waals surface area contributed by atoms with E-state index in [1.165, 1.54) is 0 Å². The number of benzene rings is 2. The molecule has 2 aromatic carbocycles. The van der Waals surface area contributed by atoms with E-state index in [4.69, 9.17) is 4.74 Å². The highest BCUT2D eigenvalue weighted by atomic mass is 16.5. The minimum absolute atomic E-state index is 0.0904. The van der Waals surface area contributed by atoms with Crippen molar-refractivity contribution < 1.29 is 19.1 Å². The molecule has 1 fully saturated rings. The number of hydrogen-bond donors (Lipinski definition) is 1. The van der Waals surface area contributed by atoms with E-state index in [0.29, 0.717) is 11.6 Å². The average molecular weight is 408 g/mol. The molecule has 2 aromatic rings. The Hall–Kier alpha value is -3.15. The van der Waals surface area contributed by atoms with Gasteiger partial charge in [0.05, 0.1) is 5.92 Å². The van der Waals surface area contributed by atoms with E-state index in [1.807, 2.05) is 49.4 Å². The SMILES string of the molecule is CC[C@@H](C)c1ccccc1N1C[C@H](C(=O)OCC(=O)Nc2ccccc2C)CC1=O. The van der Waals surface area contributed by atoms with Crippen LogP contribution >= 0.6 is 0 Å². The topological polar surface area (TPSA) is 75.7 Å². The maximum absolute atomic E-state index is 12.6. The van der Waals surface area contributed by atoms with Crippen molar-refractivity contribution >= 4 is 29.2 Å². The molecule has 158 valence electrons. The second-order valence-corrected chi connectivity index (χ2v) is 7.74. The zero-order valence-electron chi connectivity index (χ0n) is 17.7. The van der Waals surface area contributed by atoms with Crippen molar-refractivity contribution in [3.63, 3.8) is 0 Å². The van der Waals surface area contributed by atoms with E-state index < -0.39 is 17.8 Å². The minimum Gasteiger partial charge on any atom is -0.455 e. The van der Waals surface area contributed by atoms with Crippen molar-refractivity contribution in [1.82, 2.24) is 0 Å². The molecule has 1 saturated heterocycles. The molecule has 0 radical (unpaired) electrons. The van der Waals surface area contributed by atoms with Gasteiger partial charge >= 0.3 is 5.97 Å². The van der Waals surface area contributed by atoms with Crippen LogP contribution in [0.2, 0.25) is 0 Å². The number of hydrogen-bond acceptors (Lipinski definition) is 4. The molecule has 0 aliphatic carbocycles. The number of esters is 1. The highest BCUT2D eigenvalue weighted by Gasteiger charge is 2.37. The Morgan fingerprint density at radius 2 is 1.87 bits per heavy atom. The first kappa shape index (κ1) is 21.6. The lowest BCUT2D eigenvalue weighted by Gasteiger charge is -2.23. The van der Waals surface area contributed by atoms with Gasteiger partial charge in [0, 0.05) is 24.3 Å². The van der Waals surface area contributed by atoms with Crippen molar-refractivity contribution in [3.05, 3.63) is 59.7 Å². The van der Waals surface area contributed by atoms with E-state index in [2.05, 4.69) is 19.2 Å². The van der Waals surface area contributed by atoms with Gasteiger partial charge in [-0.3, -0.25) is 14.4 Å². The van der Waals surface area contributed by atoms with Crippen LogP contribution in [0.25, 0.3) is 0 Å². The fraction of sp³-hybridized carbons (Fsp3) is 0.375. The minimum atomic E-state index is -0.575. The Morgan fingerprint density at radius 1 is 1.17 bits per heavy atom. The largest absolute Gasteiger partial charge is 0.455 e. The van der Waals surface area contributed by atoms with Gasteiger partial charge in [-0.15, -0.1) is 0 Å². The summed E-state index contributed by atoms with van der Waals surface area (Å²) < 4.78 is 5.20. The smallest absolute Gasteiger partial charge is 0.311 e. The van der Waals surface area contributed by atoms with Crippen LogP contribution in [0, 0.1) is 12.8 Å². The van der Waals surface area contributed by atoms with Crippen LogP contribution in [0.4, 0.5) is 11.4 Å². The molecule has 1 aliphatic heterocycles. The molecule has 3 rings (SSSR count). The molecular weight excluding hydrogens is 380 g/mol. The van der Waals surface area contributed by atoms with Crippen LogP contribution in [-0.4, -0.2) is 30.9 Å². The van der Waals surface area contributed by atoms with Crippen molar-refractivity contribution in [3.8, 4) is 0 Å². The quantitative estimate of drug-likeness (QED) is 0.702. The number of nitrogens with one attached hydrogen (secondary N) is 1. The summed E-state index contributed by atoms with van der Waals surface area (Å²) in [5.41, 5.74) is 3.56. The van der Waals surface area contributed by atoms with Gasteiger partial charge in [0.25, 0.3) is 5.91 Å². The first-order chi connectivity index (χ1) is 14.4. The molecule has 1 heterocycles. The molecule has 0 unspecified atom stereocenters. The monoisotopic (exact) mass is 408 g/mol. The summed E-state index contributed by atoms with van der Waals surface area (Å²) in [5, 5.41) is 2.73. The molecule has 1 N–H and O–H groups in total. The zero-order valence-corrected chi connectivity index (χ0v) is 17.7. The van der Waals surface area contributed by atoms with Crippen molar-refractivity contribution in [2.24, 2.45) is 5.92 Å². The van der Waals surface area contributed by atoms with Crippen LogP contribution in [0.1, 0.15) is 43.7 Å². The van der Waals surface area contributed by atoms with Gasteiger partial charge in [-0.25, -0.2) is 0 Å². The molecule has 30 heavy (non-hydrogen) atoms. The maximum atomic E-state index is 12.6. The van der Waals surface area contributed by atoms with Gasteiger partial charge in [-0.05, 0) is 42.5 Å². The first-order valence-corrected chi connectivity index (χ1v) is 10.3. The van der Waals surface area contributed by atoms with Crippen molar-refractivity contribution in [2.75, 3.05) is 23.4 Å². The normalized spacial score (nSPS) is 17.0. The number of nitrogens with zero attached hydrogens (tertiary/aromatic N) is 1. The summed E-state index contributed by atoms with van der Waals surface area (Å²) in [4.78, 5) is 38.9. The van der Waals surface area contributed by atoms with E-state index in [-0.39, 0.29) is 25.5 Å². The van der Waals surface area contributed by atoms with Gasteiger partial charge in [0.2, 0.25) is 5.91 Å². The lowest BCUT2D eigenvalue weighted by atomic mass is 9.96. The molecule has 2 atom stereocenters. The molecule has 6 heteroatoms. The van der Waals surface area contributed by atoms with E-state index in [1.54, 1.807) is 11.0 Å². The molecule has 2 amide bonds. The second-order valence-electron chi connectivity index (χ2n) is 7.74. The van der Waals surface area contributed by atoms with Crippen LogP contribution < -0.4 is 10.2 Å². The Morgan fingerprint density at radius 3 is 2.60 bits per heavy atom. The molecule has 0 aromatic heterocycles. The third-order valence-corrected chi connectivity index (χ3v) is 5.59. The van der Waals surface area contributed by atoms with Crippen LogP contribution in [0.5, 0.6) is 0 Å². The Labute approximate surface area is 177 Å². The number of carbonyl (C=O) groups is 3. The van der Waals surface area contributed by atoms with Gasteiger partial charge < -0.3 is 15.0 Å². The van der Waals surface area contributed by atoms with Crippen LogP contribution in [0.3, 0.4) is 0 Å². The highest BCUT2D eigenvalue weighted by Crippen LogP contribution is 2.33. The summed E-state index contributed by atoms with van der Waals surface area (Å²) in [7, 11) is 0. The lowest BCUT2D eigenvalue weighted by molar-refractivity contribution is -0.151. The first-order valence-electron chi connectivity index (χ1n) is 10.3. The third-order valence-electron chi connectivity index (χ3n) is 5.59. The number of aryl methyl sites for hydroxylation is 1. The Bertz CT molecular complexity index is 940. The maximum Gasteiger partial charge on any atom is 0.311 e. The molecule has 0 saturated carbocycles. The summed E-state index contributed by atoms with van der Waals surface area (Å²) >= 11 is 0.